The number of hydrogen-bond donors (Lipinski definition) is 1. The molecular weight excluding hydrogens is 248 g/mol. The van der Waals surface area contributed by atoms with Gasteiger partial charge in [0, 0.05) is 0 Å². The maximum absolute atomic E-state index is 6.26. The van der Waals surface area contributed by atoms with Gasteiger partial charge in [0.2, 0.25) is 0 Å². The van der Waals surface area contributed by atoms with E-state index in [1.165, 1.54) is 5.56 Å². The minimum atomic E-state index is -0.257. The van der Waals surface area contributed by atoms with Gasteiger partial charge in [-0.3, -0.25) is 0 Å². The van der Waals surface area contributed by atoms with E-state index in [2.05, 4.69) is 29.3 Å². The van der Waals surface area contributed by atoms with Crippen molar-refractivity contribution in [1.29, 1.82) is 0 Å². The second kappa shape index (κ2) is 5.27. The molecule has 1 unspecified atom stereocenters. The number of aromatic nitrogens is 3. The van der Waals surface area contributed by atoms with Crippen LogP contribution < -0.4 is 5.73 Å². The molecule has 0 spiro atoms. The molecule has 0 saturated heterocycles. The highest BCUT2D eigenvalue weighted by Crippen LogP contribution is 2.18. The molecule has 1 aromatic heterocycles. The topological polar surface area (TPSA) is 56.7 Å². The minimum absolute atomic E-state index is 0.257. The summed E-state index contributed by atoms with van der Waals surface area (Å²) >= 11 is 0. The zero-order valence-electron chi connectivity index (χ0n) is 11.3. The van der Waals surface area contributed by atoms with Crippen molar-refractivity contribution in [2.45, 2.75) is 13.0 Å². The predicted octanol–water partition coefficient (Wildman–Crippen LogP) is 2.62. The van der Waals surface area contributed by atoms with Gasteiger partial charge in [-0.15, -0.1) is 0 Å². The minimum Gasteiger partial charge on any atom is -0.319 e. The lowest BCUT2D eigenvalue weighted by molar-refractivity contribution is 0.719. The summed E-state index contributed by atoms with van der Waals surface area (Å²) in [4.78, 5) is 1.60. The number of hydrogen-bond acceptors (Lipinski definition) is 3. The Morgan fingerprint density at radius 2 is 1.85 bits per heavy atom. The first-order valence-electron chi connectivity index (χ1n) is 6.54. The summed E-state index contributed by atoms with van der Waals surface area (Å²) in [6, 6.07) is 17.7. The number of para-hydroxylation sites is 1. The van der Waals surface area contributed by atoms with Crippen molar-refractivity contribution >= 4 is 0 Å². The molecule has 0 bridgehead atoms. The zero-order chi connectivity index (χ0) is 13.9. The highest BCUT2D eigenvalue weighted by molar-refractivity contribution is 5.31. The van der Waals surface area contributed by atoms with E-state index in [0.717, 1.165) is 16.9 Å². The lowest BCUT2D eigenvalue weighted by Crippen LogP contribution is -2.13. The van der Waals surface area contributed by atoms with Gasteiger partial charge in [0.15, 0.2) is 0 Å². The molecule has 20 heavy (non-hydrogen) atoms. The Kier molecular flexibility index (Phi) is 3.31. The highest BCUT2D eigenvalue weighted by Gasteiger charge is 2.13. The molecule has 2 N–H and O–H groups in total. The smallest absolute Gasteiger partial charge is 0.104 e. The maximum atomic E-state index is 6.26. The molecule has 0 saturated carbocycles. The third-order valence-electron chi connectivity index (χ3n) is 3.22. The van der Waals surface area contributed by atoms with E-state index in [1.807, 2.05) is 42.5 Å². The van der Waals surface area contributed by atoms with Crippen LogP contribution in [0.25, 0.3) is 5.69 Å². The molecule has 3 rings (SSSR count). The van der Waals surface area contributed by atoms with Crippen LogP contribution in [0.1, 0.15) is 22.9 Å². The summed E-state index contributed by atoms with van der Waals surface area (Å²) in [5.41, 5.74) is 10.2. The molecule has 4 heteroatoms. The maximum Gasteiger partial charge on any atom is 0.104 e. The first kappa shape index (κ1) is 12.6. The molecule has 100 valence electrons. The van der Waals surface area contributed by atoms with Crippen molar-refractivity contribution in [1.82, 2.24) is 15.0 Å². The molecule has 3 aromatic rings. The average molecular weight is 264 g/mol. The van der Waals surface area contributed by atoms with Gasteiger partial charge in [-0.1, -0.05) is 48.0 Å². The van der Waals surface area contributed by atoms with E-state index in [9.17, 15) is 0 Å². The molecule has 2 aromatic carbocycles. The van der Waals surface area contributed by atoms with Crippen LogP contribution in [0.5, 0.6) is 0 Å². The van der Waals surface area contributed by atoms with Crippen molar-refractivity contribution in [3.8, 4) is 5.69 Å². The fourth-order valence-corrected chi connectivity index (χ4v) is 2.14. The number of rotatable bonds is 3. The fraction of sp³-hybridized carbons (Fsp3) is 0.125. The van der Waals surface area contributed by atoms with Crippen LogP contribution >= 0.6 is 0 Å². The number of nitrogens with zero attached hydrogens (tertiary/aromatic N) is 3. The van der Waals surface area contributed by atoms with Gasteiger partial charge in [-0.05, 0) is 24.6 Å². The summed E-state index contributed by atoms with van der Waals surface area (Å²) in [5, 5.41) is 8.75. The average Bonchev–Trinajstić information content (AvgIpc) is 2.97. The van der Waals surface area contributed by atoms with Crippen molar-refractivity contribution in [3.05, 3.63) is 77.6 Å². The van der Waals surface area contributed by atoms with Crippen LogP contribution in [0, 0.1) is 6.92 Å². The van der Waals surface area contributed by atoms with Crippen LogP contribution in [0.15, 0.2) is 60.8 Å². The second-order valence-electron chi connectivity index (χ2n) is 4.79. The molecule has 0 fully saturated rings. The molecule has 0 aliphatic carbocycles. The molecule has 1 atom stereocenters. The molecule has 0 aliphatic rings. The molecule has 0 radical (unpaired) electrons. The van der Waals surface area contributed by atoms with Crippen LogP contribution in [0.2, 0.25) is 0 Å². The third kappa shape index (κ3) is 2.46. The Bertz CT molecular complexity index is 703. The van der Waals surface area contributed by atoms with Crippen molar-refractivity contribution < 1.29 is 0 Å². The van der Waals surface area contributed by atoms with E-state index in [0.29, 0.717) is 0 Å². The van der Waals surface area contributed by atoms with Gasteiger partial charge < -0.3 is 5.73 Å². The third-order valence-corrected chi connectivity index (χ3v) is 3.22. The largest absolute Gasteiger partial charge is 0.319 e. The molecule has 1 heterocycles. The van der Waals surface area contributed by atoms with E-state index in [4.69, 9.17) is 5.73 Å². The van der Waals surface area contributed by atoms with Gasteiger partial charge in [0.25, 0.3) is 0 Å². The van der Waals surface area contributed by atoms with Gasteiger partial charge >= 0.3 is 0 Å². The van der Waals surface area contributed by atoms with E-state index < -0.39 is 0 Å². The lowest BCUT2D eigenvalue weighted by Gasteiger charge is -2.09. The van der Waals surface area contributed by atoms with Crippen LogP contribution in [0.4, 0.5) is 0 Å². The van der Waals surface area contributed by atoms with Gasteiger partial charge in [-0.25, -0.2) is 0 Å². The van der Waals surface area contributed by atoms with Crippen molar-refractivity contribution in [2.75, 3.05) is 0 Å². The predicted molar refractivity (Wildman–Crippen MR) is 78.6 cm³/mol. The summed E-state index contributed by atoms with van der Waals surface area (Å²) in [6.45, 7) is 2.05. The zero-order valence-corrected chi connectivity index (χ0v) is 11.3. The Balaban J connectivity index is 1.90. The number of aryl methyl sites for hydroxylation is 1. The fourth-order valence-electron chi connectivity index (χ4n) is 2.14. The first-order valence-corrected chi connectivity index (χ1v) is 6.54. The van der Waals surface area contributed by atoms with Gasteiger partial charge in [0.05, 0.1) is 17.9 Å². The summed E-state index contributed by atoms with van der Waals surface area (Å²) in [5.74, 6) is 0. The van der Waals surface area contributed by atoms with E-state index >= 15 is 0 Å². The molecular formula is C16H16N4. The van der Waals surface area contributed by atoms with Crippen molar-refractivity contribution in [2.24, 2.45) is 5.73 Å². The Morgan fingerprint density at radius 3 is 2.60 bits per heavy atom. The first-order chi connectivity index (χ1) is 9.74. The molecule has 0 aliphatic heterocycles. The summed E-state index contributed by atoms with van der Waals surface area (Å²) < 4.78 is 0. The quantitative estimate of drug-likeness (QED) is 0.791. The molecule has 4 nitrogen and oxygen atoms in total. The summed E-state index contributed by atoms with van der Waals surface area (Å²) in [6.07, 6.45) is 1.72. The van der Waals surface area contributed by atoms with Crippen LogP contribution in [-0.2, 0) is 0 Å². The lowest BCUT2D eigenvalue weighted by atomic mass is 10.0. The van der Waals surface area contributed by atoms with E-state index in [1.54, 1.807) is 11.0 Å². The molecule has 0 amide bonds. The van der Waals surface area contributed by atoms with Crippen LogP contribution in [0.3, 0.4) is 0 Å². The monoisotopic (exact) mass is 264 g/mol. The van der Waals surface area contributed by atoms with Crippen LogP contribution in [-0.4, -0.2) is 15.0 Å². The second-order valence-corrected chi connectivity index (χ2v) is 4.79. The number of benzene rings is 2. The SMILES string of the molecule is Cc1cccc(C(N)c2cnn(-c3ccccc3)n2)c1. The normalized spacial score (nSPS) is 12.3. The highest BCUT2D eigenvalue weighted by atomic mass is 15.5. The van der Waals surface area contributed by atoms with Gasteiger partial charge in [-0.2, -0.15) is 15.0 Å². The van der Waals surface area contributed by atoms with Crippen molar-refractivity contribution in [3.63, 3.8) is 0 Å². The standard InChI is InChI=1S/C16H16N4/c1-12-6-5-7-13(10-12)16(17)15-11-18-20(19-15)14-8-3-2-4-9-14/h2-11,16H,17H2,1H3. The Labute approximate surface area is 117 Å². The Morgan fingerprint density at radius 1 is 1.05 bits per heavy atom. The summed E-state index contributed by atoms with van der Waals surface area (Å²) in [7, 11) is 0. The number of nitrogens with two attached hydrogens (primary N) is 1. The van der Waals surface area contributed by atoms with Gasteiger partial charge in [0.1, 0.15) is 5.69 Å². The Hall–Kier alpha value is -2.46. The van der Waals surface area contributed by atoms with E-state index in [-0.39, 0.29) is 6.04 Å².